The highest BCUT2D eigenvalue weighted by molar-refractivity contribution is 5.95. The van der Waals surface area contributed by atoms with E-state index in [9.17, 15) is 9.59 Å². The van der Waals surface area contributed by atoms with Gasteiger partial charge in [0.1, 0.15) is 17.2 Å². The second-order valence-corrected chi connectivity index (χ2v) is 7.95. The van der Waals surface area contributed by atoms with Crippen LogP contribution in [0.25, 0.3) is 0 Å². The van der Waals surface area contributed by atoms with Crippen LogP contribution in [0.2, 0.25) is 0 Å². The third kappa shape index (κ3) is 5.72. The number of carbonyl (C=O) groups is 2. The van der Waals surface area contributed by atoms with E-state index < -0.39 is 0 Å². The number of ether oxygens (including phenoxy) is 3. The molecule has 0 bridgehead atoms. The Bertz CT molecular complexity index is 909. The minimum Gasteiger partial charge on any atom is -0.497 e. The summed E-state index contributed by atoms with van der Waals surface area (Å²) in [7, 11) is 3.11. The molecule has 0 aliphatic carbocycles. The van der Waals surface area contributed by atoms with E-state index in [2.05, 4.69) is 0 Å². The average Bonchev–Trinajstić information content (AvgIpc) is 2.82. The quantitative estimate of drug-likeness (QED) is 0.588. The molecule has 7 heteroatoms. The van der Waals surface area contributed by atoms with E-state index in [1.54, 1.807) is 37.3 Å². The topological polar surface area (TPSA) is 68.3 Å². The lowest BCUT2D eigenvalue weighted by molar-refractivity contribution is -0.132. The van der Waals surface area contributed by atoms with Gasteiger partial charge in [-0.25, -0.2) is 0 Å². The fourth-order valence-electron chi connectivity index (χ4n) is 3.86. The summed E-state index contributed by atoms with van der Waals surface area (Å²) in [5.74, 6) is 2.07. The molecule has 172 valence electrons. The Hall–Kier alpha value is -3.22. The van der Waals surface area contributed by atoms with E-state index in [-0.39, 0.29) is 11.8 Å². The van der Waals surface area contributed by atoms with Crippen LogP contribution in [0.5, 0.6) is 17.2 Å². The molecule has 0 aromatic heterocycles. The predicted octanol–water partition coefficient (Wildman–Crippen LogP) is 3.46. The van der Waals surface area contributed by atoms with Gasteiger partial charge in [0.25, 0.3) is 5.91 Å². The summed E-state index contributed by atoms with van der Waals surface area (Å²) >= 11 is 0. The van der Waals surface area contributed by atoms with Gasteiger partial charge in [-0.05, 0) is 43.5 Å². The number of nitrogens with zero attached hydrogens (tertiary/aromatic N) is 2. The molecule has 0 N–H and O–H groups in total. The van der Waals surface area contributed by atoms with Crippen LogP contribution in [0, 0.1) is 13.8 Å². The average molecular weight is 441 g/mol. The van der Waals surface area contributed by atoms with Gasteiger partial charge in [0.15, 0.2) is 0 Å². The van der Waals surface area contributed by atoms with Crippen LogP contribution in [0.4, 0.5) is 0 Å². The van der Waals surface area contributed by atoms with E-state index in [0.717, 1.165) is 16.9 Å². The van der Waals surface area contributed by atoms with Crippen LogP contribution >= 0.6 is 0 Å². The van der Waals surface area contributed by atoms with Crippen LogP contribution in [-0.2, 0) is 4.79 Å². The molecule has 1 saturated heterocycles. The third-order valence-corrected chi connectivity index (χ3v) is 5.71. The lowest BCUT2D eigenvalue weighted by atomic mass is 10.1. The molecule has 2 aromatic carbocycles. The van der Waals surface area contributed by atoms with E-state index in [1.807, 2.05) is 36.9 Å². The summed E-state index contributed by atoms with van der Waals surface area (Å²) in [6, 6.07) is 11.2. The molecule has 0 radical (unpaired) electrons. The molecule has 0 saturated carbocycles. The molecule has 1 aliphatic rings. The van der Waals surface area contributed by atoms with Gasteiger partial charge >= 0.3 is 0 Å². The molecule has 32 heavy (non-hydrogen) atoms. The van der Waals surface area contributed by atoms with Gasteiger partial charge in [-0.3, -0.25) is 9.59 Å². The monoisotopic (exact) mass is 440 g/mol. The number of rotatable bonds is 8. The first kappa shape index (κ1) is 23.4. The zero-order valence-corrected chi connectivity index (χ0v) is 19.3. The largest absolute Gasteiger partial charge is 0.497 e. The molecule has 2 aromatic rings. The Morgan fingerprint density at radius 2 is 1.44 bits per heavy atom. The summed E-state index contributed by atoms with van der Waals surface area (Å²) < 4.78 is 16.4. The molecule has 0 spiro atoms. The number of piperazine rings is 1. The van der Waals surface area contributed by atoms with Crippen LogP contribution in [0.1, 0.15) is 34.3 Å². The zero-order chi connectivity index (χ0) is 23.1. The molecule has 2 amide bonds. The Kier molecular flexibility index (Phi) is 7.98. The van der Waals surface area contributed by atoms with Crippen molar-refractivity contribution in [1.82, 2.24) is 9.80 Å². The molecular formula is C25H32N2O5. The molecule has 1 heterocycles. The normalized spacial score (nSPS) is 13.6. The smallest absolute Gasteiger partial charge is 0.254 e. The van der Waals surface area contributed by atoms with Crippen molar-refractivity contribution >= 4 is 11.8 Å². The van der Waals surface area contributed by atoms with Gasteiger partial charge in [-0.2, -0.15) is 0 Å². The maximum atomic E-state index is 12.9. The molecule has 3 rings (SSSR count). The lowest BCUT2D eigenvalue weighted by Gasteiger charge is -2.35. The lowest BCUT2D eigenvalue weighted by Crippen LogP contribution is -2.50. The molecule has 1 aliphatic heterocycles. The number of hydrogen-bond acceptors (Lipinski definition) is 5. The molecule has 7 nitrogen and oxygen atoms in total. The van der Waals surface area contributed by atoms with Crippen molar-refractivity contribution in [3.8, 4) is 17.2 Å². The maximum absolute atomic E-state index is 12.9. The van der Waals surface area contributed by atoms with E-state index in [1.165, 1.54) is 0 Å². The van der Waals surface area contributed by atoms with E-state index in [4.69, 9.17) is 14.2 Å². The second-order valence-electron chi connectivity index (χ2n) is 7.95. The number of aryl methyl sites for hydroxylation is 2. The summed E-state index contributed by atoms with van der Waals surface area (Å²) in [6.45, 7) is 6.62. The summed E-state index contributed by atoms with van der Waals surface area (Å²) in [5, 5.41) is 0. The Morgan fingerprint density at radius 3 is 2.00 bits per heavy atom. The van der Waals surface area contributed by atoms with Gasteiger partial charge in [-0.15, -0.1) is 0 Å². The fourth-order valence-corrected chi connectivity index (χ4v) is 3.86. The molecule has 1 fully saturated rings. The standard InChI is InChI=1S/C25H32N2O5/c1-18-7-5-8-19(2)24(18)32-14-6-9-23(28)26-10-12-27(13-11-26)25(29)20-15-21(30-3)17-22(16-20)31-4/h5,7-8,15-17H,6,9-14H2,1-4H3. The number of para-hydroxylation sites is 1. The minimum absolute atomic E-state index is 0.0868. The Balaban J connectivity index is 1.46. The van der Waals surface area contributed by atoms with E-state index >= 15 is 0 Å². The number of hydrogen-bond donors (Lipinski definition) is 0. The molecular weight excluding hydrogens is 408 g/mol. The van der Waals surface area contributed by atoms with Gasteiger partial charge in [0.05, 0.1) is 20.8 Å². The van der Waals surface area contributed by atoms with Gasteiger partial charge in [0, 0.05) is 44.2 Å². The van der Waals surface area contributed by atoms with Crippen molar-refractivity contribution in [2.75, 3.05) is 47.0 Å². The maximum Gasteiger partial charge on any atom is 0.254 e. The van der Waals surface area contributed by atoms with Crippen LogP contribution in [-0.4, -0.2) is 68.6 Å². The second kappa shape index (κ2) is 10.9. The van der Waals surface area contributed by atoms with Crippen molar-refractivity contribution in [3.05, 3.63) is 53.1 Å². The van der Waals surface area contributed by atoms with Crippen molar-refractivity contribution in [2.45, 2.75) is 26.7 Å². The van der Waals surface area contributed by atoms with Gasteiger partial charge in [0.2, 0.25) is 5.91 Å². The molecule has 0 unspecified atom stereocenters. The van der Waals surface area contributed by atoms with Crippen molar-refractivity contribution < 1.29 is 23.8 Å². The number of carbonyl (C=O) groups excluding carboxylic acids is 2. The SMILES string of the molecule is COc1cc(OC)cc(C(=O)N2CCN(C(=O)CCCOc3c(C)cccc3C)CC2)c1. The van der Waals surface area contributed by atoms with Crippen molar-refractivity contribution in [1.29, 1.82) is 0 Å². The van der Waals surface area contributed by atoms with E-state index in [0.29, 0.717) is 62.7 Å². The first-order valence-corrected chi connectivity index (χ1v) is 10.9. The number of amides is 2. The summed E-state index contributed by atoms with van der Waals surface area (Å²) in [6.07, 6.45) is 1.10. The first-order chi connectivity index (χ1) is 15.4. The van der Waals surface area contributed by atoms with Crippen LogP contribution < -0.4 is 14.2 Å². The van der Waals surface area contributed by atoms with Crippen molar-refractivity contribution in [3.63, 3.8) is 0 Å². The minimum atomic E-state index is -0.0868. The molecule has 0 atom stereocenters. The van der Waals surface area contributed by atoms with Crippen molar-refractivity contribution in [2.24, 2.45) is 0 Å². The summed E-state index contributed by atoms with van der Waals surface area (Å²) in [4.78, 5) is 29.1. The zero-order valence-electron chi connectivity index (χ0n) is 19.3. The number of methoxy groups -OCH3 is 2. The highest BCUT2D eigenvalue weighted by Crippen LogP contribution is 2.24. The number of benzene rings is 2. The highest BCUT2D eigenvalue weighted by atomic mass is 16.5. The van der Waals surface area contributed by atoms with Gasteiger partial charge < -0.3 is 24.0 Å². The Morgan fingerprint density at radius 1 is 0.875 bits per heavy atom. The first-order valence-electron chi connectivity index (χ1n) is 10.9. The fraction of sp³-hybridized carbons (Fsp3) is 0.440. The Labute approximate surface area is 189 Å². The predicted molar refractivity (Wildman–Crippen MR) is 123 cm³/mol. The van der Waals surface area contributed by atoms with Crippen LogP contribution in [0.3, 0.4) is 0 Å². The highest BCUT2D eigenvalue weighted by Gasteiger charge is 2.25. The van der Waals surface area contributed by atoms with Gasteiger partial charge in [-0.1, -0.05) is 18.2 Å². The summed E-state index contributed by atoms with van der Waals surface area (Å²) in [5.41, 5.74) is 2.72. The van der Waals surface area contributed by atoms with Crippen LogP contribution in [0.15, 0.2) is 36.4 Å². The third-order valence-electron chi connectivity index (χ3n) is 5.71.